The number of hydrogen-bond donors (Lipinski definition) is 3. The first kappa shape index (κ1) is 18.7. The number of hydrazine groups is 1. The van der Waals surface area contributed by atoms with Gasteiger partial charge in [0.05, 0.1) is 6.61 Å². The van der Waals surface area contributed by atoms with E-state index in [4.69, 9.17) is 28.6 Å². The van der Waals surface area contributed by atoms with Crippen molar-refractivity contribution in [2.45, 2.75) is 6.92 Å². The highest BCUT2D eigenvalue weighted by atomic mass is 35.5. The van der Waals surface area contributed by atoms with Gasteiger partial charge in [-0.05, 0) is 61.6 Å². The molecule has 0 atom stereocenters. The molecule has 0 aliphatic heterocycles. The van der Waals surface area contributed by atoms with Crippen LogP contribution in [0.25, 0.3) is 0 Å². The van der Waals surface area contributed by atoms with Crippen molar-refractivity contribution < 1.29 is 14.3 Å². The van der Waals surface area contributed by atoms with E-state index in [0.29, 0.717) is 28.5 Å². The average Bonchev–Trinajstić information content (AvgIpc) is 2.61. The normalized spacial score (nSPS) is 9.84. The molecule has 0 saturated heterocycles. The van der Waals surface area contributed by atoms with Crippen LogP contribution >= 0.6 is 23.8 Å². The zero-order valence-corrected chi connectivity index (χ0v) is 14.9. The first-order valence-corrected chi connectivity index (χ1v) is 8.18. The fraction of sp³-hybridized carbons (Fsp3) is 0.118. The van der Waals surface area contributed by atoms with Gasteiger partial charge in [-0.15, -0.1) is 0 Å². The molecule has 0 unspecified atom stereocenters. The minimum absolute atomic E-state index is 0.0332. The number of ether oxygens (including phenoxy) is 1. The van der Waals surface area contributed by atoms with Crippen molar-refractivity contribution in [3.8, 4) is 5.75 Å². The Morgan fingerprint density at radius 3 is 2.44 bits per heavy atom. The maximum atomic E-state index is 12.1. The molecule has 2 rings (SSSR count). The van der Waals surface area contributed by atoms with E-state index in [2.05, 4.69) is 16.2 Å². The molecule has 130 valence electrons. The summed E-state index contributed by atoms with van der Waals surface area (Å²) in [6, 6.07) is 13.0. The number of rotatable bonds is 4. The zero-order valence-electron chi connectivity index (χ0n) is 13.3. The van der Waals surface area contributed by atoms with Gasteiger partial charge in [0.2, 0.25) is 0 Å². The van der Waals surface area contributed by atoms with Gasteiger partial charge in [0.15, 0.2) is 5.11 Å². The summed E-state index contributed by atoms with van der Waals surface area (Å²) < 4.78 is 5.34. The van der Waals surface area contributed by atoms with Crippen LogP contribution in [0.2, 0.25) is 5.02 Å². The van der Waals surface area contributed by atoms with Crippen LogP contribution in [0.4, 0.5) is 0 Å². The third-order valence-electron chi connectivity index (χ3n) is 3.03. The lowest BCUT2D eigenvalue weighted by Gasteiger charge is -2.11. The second-order valence-corrected chi connectivity index (χ2v) is 5.67. The Balaban J connectivity index is 1.87. The molecule has 2 aromatic rings. The molecule has 0 heterocycles. The number of carbonyl (C=O) groups is 2. The molecule has 0 aromatic heterocycles. The van der Waals surface area contributed by atoms with Crippen molar-refractivity contribution in [3.05, 3.63) is 64.7 Å². The average molecular weight is 378 g/mol. The largest absolute Gasteiger partial charge is 0.494 e. The summed E-state index contributed by atoms with van der Waals surface area (Å²) >= 11 is 10.8. The third kappa shape index (κ3) is 5.74. The number of nitrogens with one attached hydrogen (secondary N) is 3. The Bertz CT molecular complexity index is 781. The van der Waals surface area contributed by atoms with Crippen LogP contribution in [-0.4, -0.2) is 23.5 Å². The number of hydrogen-bond acceptors (Lipinski definition) is 4. The molecule has 2 aromatic carbocycles. The Kier molecular flexibility index (Phi) is 6.73. The molecule has 8 heteroatoms. The quantitative estimate of drug-likeness (QED) is 0.564. The van der Waals surface area contributed by atoms with Gasteiger partial charge in [-0.25, -0.2) is 0 Å². The first-order chi connectivity index (χ1) is 12.0. The van der Waals surface area contributed by atoms with Crippen molar-refractivity contribution in [2.75, 3.05) is 6.61 Å². The van der Waals surface area contributed by atoms with Crippen LogP contribution in [0.15, 0.2) is 48.5 Å². The van der Waals surface area contributed by atoms with E-state index in [1.165, 1.54) is 0 Å². The Morgan fingerprint density at radius 1 is 1.04 bits per heavy atom. The molecule has 3 N–H and O–H groups in total. The highest BCUT2D eigenvalue weighted by Crippen LogP contribution is 2.13. The number of amides is 2. The predicted octanol–water partition coefficient (Wildman–Crippen LogP) is 2.69. The monoisotopic (exact) mass is 377 g/mol. The lowest BCUT2D eigenvalue weighted by atomic mass is 10.2. The summed E-state index contributed by atoms with van der Waals surface area (Å²) in [5, 5.41) is 2.97. The van der Waals surface area contributed by atoms with Crippen molar-refractivity contribution in [1.29, 1.82) is 0 Å². The number of benzene rings is 2. The van der Waals surface area contributed by atoms with E-state index in [1.54, 1.807) is 48.5 Å². The molecule has 0 bridgehead atoms. The van der Waals surface area contributed by atoms with Crippen LogP contribution in [-0.2, 0) is 0 Å². The summed E-state index contributed by atoms with van der Waals surface area (Å²) in [6.07, 6.45) is 0. The van der Waals surface area contributed by atoms with E-state index < -0.39 is 11.8 Å². The third-order valence-corrected chi connectivity index (χ3v) is 3.49. The van der Waals surface area contributed by atoms with E-state index in [-0.39, 0.29) is 5.11 Å². The number of carbonyl (C=O) groups excluding carboxylic acids is 2. The molecule has 25 heavy (non-hydrogen) atoms. The molecule has 0 radical (unpaired) electrons. The zero-order chi connectivity index (χ0) is 18.2. The van der Waals surface area contributed by atoms with E-state index in [0.717, 1.165) is 0 Å². The maximum Gasteiger partial charge on any atom is 0.269 e. The van der Waals surface area contributed by atoms with Gasteiger partial charge >= 0.3 is 0 Å². The van der Waals surface area contributed by atoms with Gasteiger partial charge in [-0.2, -0.15) is 0 Å². The van der Waals surface area contributed by atoms with Crippen LogP contribution in [0, 0.1) is 0 Å². The Morgan fingerprint density at radius 2 is 1.76 bits per heavy atom. The van der Waals surface area contributed by atoms with Crippen molar-refractivity contribution >= 4 is 40.7 Å². The van der Waals surface area contributed by atoms with Gasteiger partial charge in [-0.1, -0.05) is 17.7 Å². The molecule has 0 spiro atoms. The summed E-state index contributed by atoms with van der Waals surface area (Å²) in [7, 11) is 0. The van der Waals surface area contributed by atoms with Crippen LogP contribution in [0.5, 0.6) is 5.75 Å². The van der Waals surface area contributed by atoms with Gasteiger partial charge in [-0.3, -0.25) is 25.8 Å². The minimum atomic E-state index is -0.417. The molecule has 0 saturated carbocycles. The second-order valence-electron chi connectivity index (χ2n) is 4.83. The maximum absolute atomic E-state index is 12.1. The van der Waals surface area contributed by atoms with Crippen LogP contribution in [0.3, 0.4) is 0 Å². The fourth-order valence-electron chi connectivity index (χ4n) is 1.89. The standard InChI is InChI=1S/C17H16ClN3O3S/c1-2-24-14-5-3-4-12(10-14)15(22)19-17(25)21-20-16(23)11-6-8-13(18)9-7-11/h3-10H,2H2,1H3,(H,20,23)(H2,19,21,22,25). The summed E-state index contributed by atoms with van der Waals surface area (Å²) in [6.45, 7) is 2.36. The first-order valence-electron chi connectivity index (χ1n) is 7.39. The van der Waals surface area contributed by atoms with Gasteiger partial charge in [0, 0.05) is 16.1 Å². The van der Waals surface area contributed by atoms with Gasteiger partial charge in [0.1, 0.15) is 5.75 Å². The molecule has 0 aliphatic carbocycles. The van der Waals surface area contributed by atoms with Crippen LogP contribution < -0.4 is 20.9 Å². The minimum Gasteiger partial charge on any atom is -0.494 e. The lowest BCUT2D eigenvalue weighted by molar-refractivity contribution is 0.0934. The molecule has 0 fully saturated rings. The van der Waals surface area contributed by atoms with Crippen LogP contribution in [0.1, 0.15) is 27.6 Å². The SMILES string of the molecule is CCOc1cccc(C(=O)NC(=S)NNC(=O)c2ccc(Cl)cc2)c1. The van der Waals surface area contributed by atoms with Crippen molar-refractivity contribution in [1.82, 2.24) is 16.2 Å². The van der Waals surface area contributed by atoms with Gasteiger partial charge < -0.3 is 4.74 Å². The molecule has 0 aliphatic rings. The molecule has 6 nitrogen and oxygen atoms in total. The summed E-state index contributed by atoms with van der Waals surface area (Å²) in [5.41, 5.74) is 5.65. The number of halogens is 1. The van der Waals surface area contributed by atoms with E-state index in [1.807, 2.05) is 6.92 Å². The lowest BCUT2D eigenvalue weighted by Crippen LogP contribution is -2.48. The van der Waals surface area contributed by atoms with Crippen molar-refractivity contribution in [2.24, 2.45) is 0 Å². The Labute approximate surface area is 155 Å². The second kappa shape index (κ2) is 9.00. The number of thiocarbonyl (C=S) groups is 1. The highest BCUT2D eigenvalue weighted by molar-refractivity contribution is 7.80. The van der Waals surface area contributed by atoms with Crippen molar-refractivity contribution in [3.63, 3.8) is 0 Å². The molecular weight excluding hydrogens is 362 g/mol. The fourth-order valence-corrected chi connectivity index (χ4v) is 2.16. The van der Waals surface area contributed by atoms with E-state index in [9.17, 15) is 9.59 Å². The molecular formula is C17H16ClN3O3S. The predicted molar refractivity (Wildman–Crippen MR) is 99.7 cm³/mol. The smallest absolute Gasteiger partial charge is 0.269 e. The Hall–Kier alpha value is -2.64. The topological polar surface area (TPSA) is 79.5 Å². The summed E-state index contributed by atoms with van der Waals surface area (Å²) in [5.74, 6) is -0.239. The highest BCUT2D eigenvalue weighted by Gasteiger charge is 2.10. The van der Waals surface area contributed by atoms with E-state index >= 15 is 0 Å². The van der Waals surface area contributed by atoms with Gasteiger partial charge in [0.25, 0.3) is 11.8 Å². The summed E-state index contributed by atoms with van der Waals surface area (Å²) in [4.78, 5) is 24.1. The molecule has 2 amide bonds.